The molecule has 1 aliphatic rings. The molecular formula is C12H13F3N2O2. The molecule has 2 rings (SSSR count). The van der Waals surface area contributed by atoms with Crippen LogP contribution < -0.4 is 0 Å². The third-order valence-electron chi connectivity index (χ3n) is 3.21. The molecule has 1 aromatic rings. The molecule has 0 aromatic carbocycles. The van der Waals surface area contributed by atoms with E-state index in [2.05, 4.69) is 4.98 Å². The van der Waals surface area contributed by atoms with Gasteiger partial charge in [0, 0.05) is 12.7 Å². The number of rotatable bonds is 3. The summed E-state index contributed by atoms with van der Waals surface area (Å²) in [6, 6.07) is 1.30. The van der Waals surface area contributed by atoms with Crippen molar-refractivity contribution in [2.24, 2.45) is 0 Å². The van der Waals surface area contributed by atoms with Crippen LogP contribution in [0.25, 0.3) is 0 Å². The predicted octanol–water partition coefficient (Wildman–Crippen LogP) is 2.31. The fourth-order valence-corrected chi connectivity index (χ4v) is 2.34. The van der Waals surface area contributed by atoms with Crippen LogP contribution in [0.2, 0.25) is 0 Å². The van der Waals surface area contributed by atoms with Gasteiger partial charge in [-0.3, -0.25) is 9.88 Å². The van der Waals surface area contributed by atoms with Crippen molar-refractivity contribution in [2.45, 2.75) is 31.6 Å². The first-order valence-electron chi connectivity index (χ1n) is 5.87. The third kappa shape index (κ3) is 3.04. The Balaban J connectivity index is 2.19. The molecule has 1 aliphatic heterocycles. The summed E-state index contributed by atoms with van der Waals surface area (Å²) in [7, 11) is 0. The third-order valence-corrected chi connectivity index (χ3v) is 3.21. The first-order chi connectivity index (χ1) is 8.89. The largest absolute Gasteiger partial charge is 0.478 e. The van der Waals surface area contributed by atoms with Crippen molar-refractivity contribution in [3.63, 3.8) is 0 Å². The molecule has 19 heavy (non-hydrogen) atoms. The SMILES string of the molecule is O=C(O)c1cccnc1CN1CCC[C@H]1C(F)(F)F. The predicted molar refractivity (Wildman–Crippen MR) is 60.7 cm³/mol. The number of alkyl halides is 3. The van der Waals surface area contributed by atoms with E-state index in [4.69, 9.17) is 5.11 Å². The quantitative estimate of drug-likeness (QED) is 0.919. The lowest BCUT2D eigenvalue weighted by Gasteiger charge is -2.26. The van der Waals surface area contributed by atoms with Crippen molar-refractivity contribution in [1.29, 1.82) is 0 Å². The average Bonchev–Trinajstić information content (AvgIpc) is 2.77. The van der Waals surface area contributed by atoms with Gasteiger partial charge in [-0.25, -0.2) is 4.79 Å². The lowest BCUT2D eigenvalue weighted by molar-refractivity contribution is -0.177. The highest BCUT2D eigenvalue weighted by molar-refractivity contribution is 5.88. The molecule has 2 heterocycles. The van der Waals surface area contributed by atoms with E-state index < -0.39 is 18.2 Å². The zero-order valence-electron chi connectivity index (χ0n) is 10.0. The van der Waals surface area contributed by atoms with Gasteiger partial charge in [-0.1, -0.05) is 0 Å². The van der Waals surface area contributed by atoms with E-state index in [0.29, 0.717) is 13.0 Å². The van der Waals surface area contributed by atoms with Gasteiger partial charge in [-0.05, 0) is 31.5 Å². The van der Waals surface area contributed by atoms with E-state index >= 15 is 0 Å². The minimum atomic E-state index is -4.28. The molecule has 0 radical (unpaired) electrons. The molecule has 7 heteroatoms. The van der Waals surface area contributed by atoms with Crippen LogP contribution in [0.4, 0.5) is 13.2 Å². The highest BCUT2D eigenvalue weighted by atomic mass is 19.4. The van der Waals surface area contributed by atoms with Gasteiger partial charge in [0.05, 0.1) is 11.3 Å². The van der Waals surface area contributed by atoms with E-state index in [1.165, 1.54) is 23.2 Å². The fraction of sp³-hybridized carbons (Fsp3) is 0.500. The van der Waals surface area contributed by atoms with Crippen molar-refractivity contribution < 1.29 is 23.1 Å². The summed E-state index contributed by atoms with van der Waals surface area (Å²) >= 11 is 0. The molecule has 1 saturated heterocycles. The van der Waals surface area contributed by atoms with E-state index in [1.807, 2.05) is 0 Å². The molecule has 1 N–H and O–H groups in total. The average molecular weight is 274 g/mol. The van der Waals surface area contributed by atoms with Crippen molar-refractivity contribution in [3.05, 3.63) is 29.6 Å². The minimum absolute atomic E-state index is 0.0460. The van der Waals surface area contributed by atoms with Gasteiger partial charge in [0.2, 0.25) is 0 Å². The van der Waals surface area contributed by atoms with Gasteiger partial charge in [-0.15, -0.1) is 0 Å². The number of likely N-dealkylation sites (tertiary alicyclic amines) is 1. The molecule has 0 bridgehead atoms. The van der Waals surface area contributed by atoms with Crippen LogP contribution in [-0.2, 0) is 6.54 Å². The lowest BCUT2D eigenvalue weighted by Crippen LogP contribution is -2.41. The van der Waals surface area contributed by atoms with E-state index in [-0.39, 0.29) is 24.2 Å². The molecule has 1 aromatic heterocycles. The Kier molecular flexibility index (Phi) is 3.75. The zero-order chi connectivity index (χ0) is 14.0. The van der Waals surface area contributed by atoms with E-state index in [9.17, 15) is 18.0 Å². The lowest BCUT2D eigenvalue weighted by atomic mass is 10.1. The molecule has 104 valence electrons. The summed E-state index contributed by atoms with van der Waals surface area (Å²) in [5.74, 6) is -1.18. The first-order valence-corrected chi connectivity index (χ1v) is 5.87. The Morgan fingerprint density at radius 2 is 2.26 bits per heavy atom. The number of aromatic nitrogens is 1. The first kappa shape index (κ1) is 13.8. The number of nitrogens with zero attached hydrogens (tertiary/aromatic N) is 2. The van der Waals surface area contributed by atoms with Crippen LogP contribution in [-0.4, -0.2) is 39.7 Å². The Labute approximate surface area is 107 Å². The molecule has 1 atom stereocenters. The van der Waals surface area contributed by atoms with Crippen molar-refractivity contribution in [2.75, 3.05) is 6.54 Å². The summed E-state index contributed by atoms with van der Waals surface area (Å²) < 4.78 is 38.4. The Morgan fingerprint density at radius 3 is 2.89 bits per heavy atom. The van der Waals surface area contributed by atoms with Crippen LogP contribution in [0.5, 0.6) is 0 Å². The minimum Gasteiger partial charge on any atom is -0.478 e. The number of carboxylic acid groups (broad SMARTS) is 1. The fourth-order valence-electron chi connectivity index (χ4n) is 2.34. The molecule has 4 nitrogen and oxygen atoms in total. The molecule has 0 aliphatic carbocycles. The number of hydrogen-bond donors (Lipinski definition) is 1. The van der Waals surface area contributed by atoms with E-state index in [1.54, 1.807) is 0 Å². The van der Waals surface area contributed by atoms with E-state index in [0.717, 1.165) is 0 Å². The van der Waals surface area contributed by atoms with Crippen LogP contribution >= 0.6 is 0 Å². The monoisotopic (exact) mass is 274 g/mol. The highest BCUT2D eigenvalue weighted by Crippen LogP contribution is 2.33. The van der Waals surface area contributed by atoms with Crippen molar-refractivity contribution in [1.82, 2.24) is 9.88 Å². The molecule has 1 fully saturated rings. The van der Waals surface area contributed by atoms with Gasteiger partial charge in [0.1, 0.15) is 6.04 Å². The van der Waals surface area contributed by atoms with Gasteiger partial charge in [0.25, 0.3) is 0 Å². The van der Waals surface area contributed by atoms with Gasteiger partial charge < -0.3 is 5.11 Å². The molecule has 0 amide bonds. The van der Waals surface area contributed by atoms with Crippen LogP contribution in [0.15, 0.2) is 18.3 Å². The maximum Gasteiger partial charge on any atom is 0.404 e. The standard InChI is InChI=1S/C12H13F3N2O2/c13-12(14,15)10-4-2-6-17(10)7-9-8(11(18)19)3-1-5-16-9/h1,3,5,10H,2,4,6-7H2,(H,18,19)/t10-/m0/s1. The molecule has 0 saturated carbocycles. The maximum atomic E-state index is 12.8. The Bertz CT molecular complexity index is 476. The summed E-state index contributed by atoms with van der Waals surface area (Å²) in [6.07, 6.45) is -2.38. The van der Waals surface area contributed by atoms with Crippen molar-refractivity contribution in [3.8, 4) is 0 Å². The molecule has 0 unspecified atom stereocenters. The second-order valence-corrected chi connectivity index (χ2v) is 4.47. The number of pyridine rings is 1. The number of aromatic carboxylic acids is 1. The summed E-state index contributed by atoms with van der Waals surface area (Å²) in [5, 5.41) is 8.98. The van der Waals surface area contributed by atoms with Crippen LogP contribution in [0.1, 0.15) is 28.9 Å². The zero-order valence-corrected chi connectivity index (χ0v) is 10.0. The second kappa shape index (κ2) is 5.16. The van der Waals surface area contributed by atoms with Gasteiger partial charge >= 0.3 is 12.1 Å². The number of carbonyl (C=O) groups is 1. The smallest absolute Gasteiger partial charge is 0.404 e. The maximum absolute atomic E-state index is 12.8. The molecular weight excluding hydrogens is 261 g/mol. The van der Waals surface area contributed by atoms with Crippen molar-refractivity contribution >= 4 is 5.97 Å². The Hall–Kier alpha value is -1.63. The summed E-state index contributed by atoms with van der Waals surface area (Å²) in [5.41, 5.74) is 0.126. The van der Waals surface area contributed by atoms with Crippen LogP contribution in [0.3, 0.4) is 0 Å². The second-order valence-electron chi connectivity index (χ2n) is 4.47. The molecule has 0 spiro atoms. The number of carboxylic acids is 1. The normalized spacial score (nSPS) is 20.7. The van der Waals surface area contributed by atoms with Crippen LogP contribution in [0, 0.1) is 0 Å². The summed E-state index contributed by atoms with van der Waals surface area (Å²) in [6.45, 7) is 0.215. The van der Waals surface area contributed by atoms with Gasteiger partial charge in [-0.2, -0.15) is 13.2 Å². The summed E-state index contributed by atoms with van der Waals surface area (Å²) in [4.78, 5) is 16.1. The highest BCUT2D eigenvalue weighted by Gasteiger charge is 2.45. The number of halogens is 3. The topological polar surface area (TPSA) is 53.4 Å². The number of hydrogen-bond acceptors (Lipinski definition) is 3. The Morgan fingerprint density at radius 1 is 1.53 bits per heavy atom. The van der Waals surface area contributed by atoms with Gasteiger partial charge in [0.15, 0.2) is 0 Å².